The summed E-state index contributed by atoms with van der Waals surface area (Å²) in [6.07, 6.45) is 0.901. The molecule has 0 heterocycles. The molecule has 124 valence electrons. The quantitative estimate of drug-likeness (QED) is 0.794. The highest BCUT2D eigenvalue weighted by molar-refractivity contribution is 5.38. The van der Waals surface area contributed by atoms with Crippen LogP contribution in [0.4, 0.5) is 0 Å². The summed E-state index contributed by atoms with van der Waals surface area (Å²) >= 11 is 0. The van der Waals surface area contributed by atoms with Gasteiger partial charge >= 0.3 is 0 Å². The second-order valence-corrected chi connectivity index (χ2v) is 5.77. The van der Waals surface area contributed by atoms with Crippen LogP contribution < -0.4 is 15.2 Å². The summed E-state index contributed by atoms with van der Waals surface area (Å²) in [6.45, 7) is 8.15. The zero-order valence-corrected chi connectivity index (χ0v) is 14.3. The summed E-state index contributed by atoms with van der Waals surface area (Å²) in [5.41, 5.74) is 9.65. The number of benzene rings is 2. The molecule has 3 heteroatoms. The predicted octanol–water partition coefficient (Wildman–Crippen LogP) is 4.21. The average molecular weight is 313 g/mol. The van der Waals surface area contributed by atoms with Crippen molar-refractivity contribution in [2.45, 2.75) is 33.1 Å². The van der Waals surface area contributed by atoms with Crippen molar-refractivity contribution in [2.24, 2.45) is 5.73 Å². The molecule has 2 aromatic carbocycles. The zero-order chi connectivity index (χ0) is 16.7. The van der Waals surface area contributed by atoms with Gasteiger partial charge in [0.15, 0.2) is 0 Å². The molecule has 0 aliphatic heterocycles. The number of ether oxygens (including phenoxy) is 2. The van der Waals surface area contributed by atoms with Crippen molar-refractivity contribution in [2.75, 3.05) is 19.8 Å². The predicted molar refractivity (Wildman–Crippen MR) is 95.4 cm³/mol. The van der Waals surface area contributed by atoms with Gasteiger partial charge in [-0.05, 0) is 74.5 Å². The smallest absolute Gasteiger partial charge is 0.122 e. The van der Waals surface area contributed by atoms with Crippen molar-refractivity contribution in [1.29, 1.82) is 0 Å². The molecule has 0 aliphatic carbocycles. The van der Waals surface area contributed by atoms with Gasteiger partial charge < -0.3 is 15.2 Å². The van der Waals surface area contributed by atoms with Crippen molar-refractivity contribution in [3.8, 4) is 11.5 Å². The van der Waals surface area contributed by atoms with E-state index in [2.05, 4.69) is 32.0 Å². The highest BCUT2D eigenvalue weighted by atomic mass is 16.5. The molecule has 0 aliphatic rings. The Balaban J connectivity index is 1.93. The van der Waals surface area contributed by atoms with Crippen LogP contribution in [0.25, 0.3) is 0 Å². The summed E-state index contributed by atoms with van der Waals surface area (Å²) in [5, 5.41) is 0. The molecule has 3 nitrogen and oxygen atoms in total. The molecule has 23 heavy (non-hydrogen) atoms. The number of nitrogens with two attached hydrogens (primary N) is 1. The third-order valence-corrected chi connectivity index (χ3v) is 4.23. The minimum absolute atomic E-state index is 0.302. The summed E-state index contributed by atoms with van der Waals surface area (Å²) in [4.78, 5) is 0. The van der Waals surface area contributed by atoms with E-state index in [4.69, 9.17) is 15.2 Å². The Kier molecular flexibility index (Phi) is 6.48. The molecular weight excluding hydrogens is 286 g/mol. The molecule has 0 amide bonds. The van der Waals surface area contributed by atoms with E-state index in [1.54, 1.807) is 0 Å². The van der Waals surface area contributed by atoms with Gasteiger partial charge in [-0.3, -0.25) is 0 Å². The van der Waals surface area contributed by atoms with Gasteiger partial charge in [0.05, 0.1) is 13.2 Å². The Morgan fingerprint density at radius 2 is 1.74 bits per heavy atom. The molecule has 0 aromatic heterocycles. The van der Waals surface area contributed by atoms with Gasteiger partial charge in [-0.25, -0.2) is 0 Å². The van der Waals surface area contributed by atoms with Crippen LogP contribution in [0.3, 0.4) is 0 Å². The first-order chi connectivity index (χ1) is 11.2. The summed E-state index contributed by atoms with van der Waals surface area (Å²) in [5.74, 6) is 2.17. The number of hydrogen-bond donors (Lipinski definition) is 1. The molecule has 0 saturated carbocycles. The van der Waals surface area contributed by atoms with Crippen molar-refractivity contribution >= 4 is 0 Å². The maximum atomic E-state index is 5.95. The highest BCUT2D eigenvalue weighted by Gasteiger charge is 2.11. The van der Waals surface area contributed by atoms with E-state index in [0.29, 0.717) is 25.7 Å². The maximum Gasteiger partial charge on any atom is 0.122 e. The fraction of sp³-hybridized carbons (Fsp3) is 0.400. The molecule has 0 bridgehead atoms. The van der Waals surface area contributed by atoms with Crippen LogP contribution in [0.2, 0.25) is 0 Å². The molecule has 2 N–H and O–H groups in total. The van der Waals surface area contributed by atoms with E-state index in [1.165, 1.54) is 16.7 Å². The van der Waals surface area contributed by atoms with E-state index < -0.39 is 0 Å². The summed E-state index contributed by atoms with van der Waals surface area (Å²) in [7, 11) is 0. The molecule has 0 fully saturated rings. The Morgan fingerprint density at radius 1 is 1.00 bits per heavy atom. The van der Waals surface area contributed by atoms with Crippen LogP contribution in [0.5, 0.6) is 11.5 Å². The van der Waals surface area contributed by atoms with Gasteiger partial charge in [0.25, 0.3) is 0 Å². The molecule has 0 radical (unpaired) electrons. The van der Waals surface area contributed by atoms with Crippen LogP contribution in [0.1, 0.15) is 36.0 Å². The number of hydrogen-bond acceptors (Lipinski definition) is 3. The van der Waals surface area contributed by atoms with Gasteiger partial charge in [-0.1, -0.05) is 24.3 Å². The van der Waals surface area contributed by atoms with Gasteiger partial charge in [-0.15, -0.1) is 0 Å². The third-order valence-electron chi connectivity index (χ3n) is 4.23. The Hall–Kier alpha value is -2.00. The molecule has 2 aromatic rings. The average Bonchev–Trinajstić information content (AvgIpc) is 2.57. The van der Waals surface area contributed by atoms with Crippen molar-refractivity contribution in [3.05, 3.63) is 59.2 Å². The van der Waals surface area contributed by atoms with Gasteiger partial charge in [0.2, 0.25) is 0 Å². The zero-order valence-electron chi connectivity index (χ0n) is 14.3. The highest BCUT2D eigenvalue weighted by Crippen LogP contribution is 2.24. The van der Waals surface area contributed by atoms with E-state index in [-0.39, 0.29) is 0 Å². The molecule has 0 saturated heterocycles. The monoisotopic (exact) mass is 313 g/mol. The lowest BCUT2D eigenvalue weighted by atomic mass is 9.96. The Labute approximate surface area is 139 Å². The summed E-state index contributed by atoms with van der Waals surface area (Å²) in [6, 6.07) is 14.4. The lowest BCUT2D eigenvalue weighted by Crippen LogP contribution is -2.15. The van der Waals surface area contributed by atoms with Crippen LogP contribution >= 0.6 is 0 Å². The van der Waals surface area contributed by atoms with E-state index in [9.17, 15) is 0 Å². The second-order valence-electron chi connectivity index (χ2n) is 5.77. The molecule has 2 rings (SSSR count). The fourth-order valence-corrected chi connectivity index (χ4v) is 2.62. The molecule has 1 unspecified atom stereocenters. The third kappa shape index (κ3) is 4.73. The van der Waals surface area contributed by atoms with Gasteiger partial charge in [0, 0.05) is 0 Å². The van der Waals surface area contributed by atoms with E-state index in [0.717, 1.165) is 17.9 Å². The normalized spacial score (nSPS) is 12.0. The van der Waals surface area contributed by atoms with E-state index >= 15 is 0 Å². The second kappa shape index (κ2) is 8.59. The maximum absolute atomic E-state index is 5.95. The number of rotatable bonds is 8. The molecule has 1 atom stereocenters. The molecular formula is C20H27NO2. The van der Waals surface area contributed by atoms with Crippen LogP contribution in [-0.2, 0) is 0 Å². The first-order valence-electron chi connectivity index (χ1n) is 8.27. The van der Waals surface area contributed by atoms with Crippen LogP contribution in [-0.4, -0.2) is 19.8 Å². The van der Waals surface area contributed by atoms with Crippen LogP contribution in [0.15, 0.2) is 42.5 Å². The lowest BCUT2D eigenvalue weighted by Gasteiger charge is -2.17. The molecule has 0 spiro atoms. The minimum Gasteiger partial charge on any atom is -0.494 e. The Bertz CT molecular complexity index is 608. The number of aryl methyl sites for hydroxylation is 1. The topological polar surface area (TPSA) is 44.5 Å². The Morgan fingerprint density at radius 3 is 2.39 bits per heavy atom. The largest absolute Gasteiger partial charge is 0.494 e. The lowest BCUT2D eigenvalue weighted by molar-refractivity contribution is 0.296. The first-order valence-corrected chi connectivity index (χ1v) is 8.27. The summed E-state index contributed by atoms with van der Waals surface area (Å²) < 4.78 is 11.4. The standard InChI is InChI=1S/C20H27NO2/c1-4-22-19-10-8-17(9-11-19)18(14-21)12-13-23-20-7-5-6-15(2)16(20)3/h5-11,18H,4,12-14,21H2,1-3H3. The fourth-order valence-electron chi connectivity index (χ4n) is 2.62. The van der Waals surface area contributed by atoms with Crippen molar-refractivity contribution < 1.29 is 9.47 Å². The minimum atomic E-state index is 0.302. The van der Waals surface area contributed by atoms with Crippen molar-refractivity contribution in [1.82, 2.24) is 0 Å². The van der Waals surface area contributed by atoms with E-state index in [1.807, 2.05) is 31.2 Å². The van der Waals surface area contributed by atoms with Crippen LogP contribution in [0, 0.1) is 13.8 Å². The van der Waals surface area contributed by atoms with Gasteiger partial charge in [-0.2, -0.15) is 0 Å². The SMILES string of the molecule is CCOc1ccc(C(CN)CCOc2cccc(C)c2C)cc1. The van der Waals surface area contributed by atoms with Gasteiger partial charge in [0.1, 0.15) is 11.5 Å². The van der Waals surface area contributed by atoms with Crippen molar-refractivity contribution in [3.63, 3.8) is 0 Å². The first kappa shape index (κ1) is 17.4.